The maximum Gasteiger partial charge on any atom is 0.160 e. The largest absolute Gasteiger partial charge is 0.338 e. The Morgan fingerprint density at radius 2 is 1.95 bits per heavy atom. The molecule has 0 radical (unpaired) electrons. The summed E-state index contributed by atoms with van der Waals surface area (Å²) in [7, 11) is 0. The van der Waals surface area contributed by atoms with E-state index in [-0.39, 0.29) is 5.02 Å². The number of rotatable bonds is 2. The summed E-state index contributed by atoms with van der Waals surface area (Å²) in [4.78, 5) is 0. The lowest BCUT2D eigenvalue weighted by Gasteiger charge is -2.08. The van der Waals surface area contributed by atoms with Gasteiger partial charge in [-0.15, -0.1) is 5.10 Å². The lowest BCUT2D eigenvalue weighted by Crippen LogP contribution is -1.96. The van der Waals surface area contributed by atoms with E-state index in [4.69, 9.17) is 11.6 Å². The average Bonchev–Trinajstić information content (AvgIpc) is 2.43. The first-order valence-corrected chi connectivity index (χ1v) is 6.04. The summed E-state index contributed by atoms with van der Waals surface area (Å²) in [5.41, 5.74) is 0.664. The molecule has 3 nitrogen and oxygen atoms in total. The van der Waals surface area contributed by atoms with Gasteiger partial charge in [0.05, 0.1) is 11.2 Å². The standard InChI is InChI=1S/C14H9ClFN3/c15-12-7-10(5-6-13(12)16)18-14-11-4-2-1-3-9(11)8-17-19-14/h1-8H,(H,18,19). The van der Waals surface area contributed by atoms with Crippen LogP contribution in [0.1, 0.15) is 0 Å². The van der Waals surface area contributed by atoms with Gasteiger partial charge in [-0.25, -0.2) is 4.39 Å². The van der Waals surface area contributed by atoms with Crippen LogP contribution >= 0.6 is 11.6 Å². The number of anilines is 2. The minimum atomic E-state index is -0.448. The zero-order chi connectivity index (χ0) is 13.2. The van der Waals surface area contributed by atoms with Gasteiger partial charge < -0.3 is 5.32 Å². The van der Waals surface area contributed by atoms with Crippen LogP contribution in [0.5, 0.6) is 0 Å². The molecule has 3 aromatic rings. The molecule has 1 heterocycles. The molecule has 0 bridgehead atoms. The van der Waals surface area contributed by atoms with Gasteiger partial charge in [0, 0.05) is 16.5 Å². The summed E-state index contributed by atoms with van der Waals surface area (Å²) < 4.78 is 13.1. The first-order chi connectivity index (χ1) is 9.24. The van der Waals surface area contributed by atoms with Crippen LogP contribution in [0.15, 0.2) is 48.7 Å². The average molecular weight is 274 g/mol. The minimum Gasteiger partial charge on any atom is -0.338 e. The highest BCUT2D eigenvalue weighted by Gasteiger charge is 2.05. The molecule has 5 heteroatoms. The highest BCUT2D eigenvalue weighted by atomic mass is 35.5. The monoisotopic (exact) mass is 273 g/mol. The smallest absolute Gasteiger partial charge is 0.160 e. The van der Waals surface area contributed by atoms with Crippen molar-refractivity contribution >= 4 is 33.9 Å². The number of aromatic nitrogens is 2. The van der Waals surface area contributed by atoms with Crippen LogP contribution in [-0.4, -0.2) is 10.2 Å². The van der Waals surface area contributed by atoms with Crippen LogP contribution in [0, 0.1) is 5.82 Å². The van der Waals surface area contributed by atoms with Crippen LogP contribution in [0.4, 0.5) is 15.9 Å². The van der Waals surface area contributed by atoms with E-state index in [0.717, 1.165) is 10.8 Å². The maximum absolute atomic E-state index is 13.1. The number of benzene rings is 2. The number of nitrogens with zero attached hydrogens (tertiary/aromatic N) is 2. The van der Waals surface area contributed by atoms with Gasteiger partial charge in [-0.2, -0.15) is 5.10 Å². The van der Waals surface area contributed by atoms with Gasteiger partial charge in [0.25, 0.3) is 0 Å². The molecule has 94 valence electrons. The van der Waals surface area contributed by atoms with Crippen LogP contribution < -0.4 is 5.32 Å². The predicted molar refractivity (Wildman–Crippen MR) is 74.2 cm³/mol. The Labute approximate surface area is 114 Å². The lowest BCUT2D eigenvalue weighted by molar-refractivity contribution is 0.628. The van der Waals surface area contributed by atoms with E-state index in [2.05, 4.69) is 15.5 Å². The van der Waals surface area contributed by atoms with Crippen molar-refractivity contribution in [3.8, 4) is 0 Å². The van der Waals surface area contributed by atoms with Crippen molar-refractivity contribution in [1.29, 1.82) is 0 Å². The van der Waals surface area contributed by atoms with Crippen molar-refractivity contribution in [3.63, 3.8) is 0 Å². The molecule has 19 heavy (non-hydrogen) atoms. The molecule has 0 spiro atoms. The molecule has 1 N–H and O–H groups in total. The third-order valence-electron chi connectivity index (χ3n) is 2.75. The Morgan fingerprint density at radius 3 is 2.79 bits per heavy atom. The number of halogens is 2. The van der Waals surface area contributed by atoms with Gasteiger partial charge in [-0.1, -0.05) is 35.9 Å². The zero-order valence-electron chi connectivity index (χ0n) is 9.77. The Kier molecular flexibility index (Phi) is 3.01. The van der Waals surface area contributed by atoms with Crippen molar-refractivity contribution in [3.05, 3.63) is 59.5 Å². The fourth-order valence-electron chi connectivity index (χ4n) is 1.83. The molecule has 0 fully saturated rings. The van der Waals surface area contributed by atoms with Crippen molar-refractivity contribution in [2.24, 2.45) is 0 Å². The summed E-state index contributed by atoms with van der Waals surface area (Å²) in [5.74, 6) is 0.164. The Bertz CT molecular complexity index is 740. The van der Waals surface area contributed by atoms with Gasteiger partial charge in [-0.3, -0.25) is 0 Å². The summed E-state index contributed by atoms with van der Waals surface area (Å²) in [6, 6.07) is 12.2. The third kappa shape index (κ3) is 2.35. The summed E-state index contributed by atoms with van der Waals surface area (Å²) in [5, 5.41) is 13.1. The van der Waals surface area contributed by atoms with Crippen molar-refractivity contribution < 1.29 is 4.39 Å². The van der Waals surface area contributed by atoms with Crippen LogP contribution in [0.25, 0.3) is 10.8 Å². The highest BCUT2D eigenvalue weighted by molar-refractivity contribution is 6.31. The predicted octanol–water partition coefficient (Wildman–Crippen LogP) is 4.17. The summed E-state index contributed by atoms with van der Waals surface area (Å²) in [6.45, 7) is 0. The first kappa shape index (κ1) is 11.9. The molecular weight excluding hydrogens is 265 g/mol. The number of nitrogens with one attached hydrogen (secondary N) is 1. The molecule has 0 amide bonds. The van der Waals surface area contributed by atoms with Crippen molar-refractivity contribution in [1.82, 2.24) is 10.2 Å². The molecule has 0 saturated heterocycles. The van der Waals surface area contributed by atoms with E-state index in [9.17, 15) is 4.39 Å². The highest BCUT2D eigenvalue weighted by Crippen LogP contribution is 2.25. The molecule has 0 saturated carbocycles. The second-order valence-electron chi connectivity index (χ2n) is 4.03. The van der Waals surface area contributed by atoms with Crippen LogP contribution in [0.3, 0.4) is 0 Å². The topological polar surface area (TPSA) is 37.8 Å². The third-order valence-corrected chi connectivity index (χ3v) is 3.04. The second-order valence-corrected chi connectivity index (χ2v) is 4.44. The van der Waals surface area contributed by atoms with E-state index in [0.29, 0.717) is 11.5 Å². The molecule has 1 aromatic heterocycles. The molecular formula is C14H9ClFN3. The van der Waals surface area contributed by atoms with Crippen LogP contribution in [0.2, 0.25) is 5.02 Å². The molecule has 0 aliphatic rings. The summed E-state index contributed by atoms with van der Waals surface area (Å²) in [6.07, 6.45) is 1.69. The van der Waals surface area contributed by atoms with Gasteiger partial charge in [-0.05, 0) is 18.2 Å². The number of fused-ring (bicyclic) bond motifs is 1. The number of hydrogen-bond donors (Lipinski definition) is 1. The van der Waals surface area contributed by atoms with Gasteiger partial charge in [0.1, 0.15) is 5.82 Å². The Morgan fingerprint density at radius 1 is 1.11 bits per heavy atom. The molecule has 0 unspecified atom stereocenters. The fourth-order valence-corrected chi connectivity index (χ4v) is 2.01. The van der Waals surface area contributed by atoms with Crippen molar-refractivity contribution in [2.75, 3.05) is 5.32 Å². The van der Waals surface area contributed by atoms with Gasteiger partial charge in [0.15, 0.2) is 5.82 Å². The minimum absolute atomic E-state index is 0.0678. The zero-order valence-corrected chi connectivity index (χ0v) is 10.5. The second kappa shape index (κ2) is 4.82. The fraction of sp³-hybridized carbons (Fsp3) is 0. The van der Waals surface area contributed by atoms with Crippen LogP contribution in [-0.2, 0) is 0 Å². The molecule has 3 rings (SSSR count). The van der Waals surface area contributed by atoms with E-state index >= 15 is 0 Å². The van der Waals surface area contributed by atoms with Gasteiger partial charge in [0.2, 0.25) is 0 Å². The summed E-state index contributed by atoms with van der Waals surface area (Å²) >= 11 is 5.75. The quantitative estimate of drug-likeness (QED) is 0.762. The Balaban J connectivity index is 2.03. The van der Waals surface area contributed by atoms with E-state index < -0.39 is 5.82 Å². The molecule has 0 aliphatic heterocycles. The SMILES string of the molecule is Fc1ccc(Nc2nncc3ccccc23)cc1Cl. The molecule has 0 atom stereocenters. The van der Waals surface area contributed by atoms with E-state index in [1.54, 1.807) is 12.3 Å². The first-order valence-electron chi connectivity index (χ1n) is 5.66. The van der Waals surface area contributed by atoms with Gasteiger partial charge >= 0.3 is 0 Å². The molecule has 2 aromatic carbocycles. The van der Waals surface area contributed by atoms with Crippen molar-refractivity contribution in [2.45, 2.75) is 0 Å². The maximum atomic E-state index is 13.1. The normalized spacial score (nSPS) is 10.6. The molecule has 0 aliphatic carbocycles. The lowest BCUT2D eigenvalue weighted by atomic mass is 10.2. The Hall–Kier alpha value is -2.20. The van der Waals surface area contributed by atoms with E-state index in [1.165, 1.54) is 12.1 Å². The van der Waals surface area contributed by atoms with E-state index in [1.807, 2.05) is 24.3 Å². The number of hydrogen-bond acceptors (Lipinski definition) is 3.